The minimum absolute atomic E-state index is 0.208. The van der Waals surface area contributed by atoms with Crippen molar-refractivity contribution in [3.63, 3.8) is 0 Å². The number of rotatable bonds is 1. The Hall–Kier alpha value is -1.42. The van der Waals surface area contributed by atoms with Crippen LogP contribution in [-0.2, 0) is 4.79 Å². The van der Waals surface area contributed by atoms with Crippen LogP contribution in [0.3, 0.4) is 0 Å². The Morgan fingerprint density at radius 1 is 1.50 bits per heavy atom. The van der Waals surface area contributed by atoms with Gasteiger partial charge in [0, 0.05) is 12.2 Å². The monoisotopic (exact) mass is 245 g/mol. The zero-order valence-electron chi connectivity index (χ0n) is 10.9. The van der Waals surface area contributed by atoms with Crippen molar-refractivity contribution < 1.29 is 4.79 Å². The molecule has 1 aromatic heterocycles. The summed E-state index contributed by atoms with van der Waals surface area (Å²) in [6.45, 7) is 5.10. The number of piperidine rings is 1. The maximum atomic E-state index is 12.7. The second-order valence-corrected chi connectivity index (χ2v) is 5.75. The Morgan fingerprint density at radius 3 is 3.06 bits per heavy atom. The highest BCUT2D eigenvalue weighted by Crippen LogP contribution is 2.41. The van der Waals surface area contributed by atoms with E-state index in [0.717, 1.165) is 25.1 Å². The number of hydrogen-bond donors (Lipinski definition) is 1. The van der Waals surface area contributed by atoms with Crippen LogP contribution in [0.5, 0.6) is 0 Å². The van der Waals surface area contributed by atoms with Crippen LogP contribution in [0.25, 0.3) is 0 Å². The third-order valence-corrected chi connectivity index (χ3v) is 4.23. The Labute approximate surface area is 107 Å². The van der Waals surface area contributed by atoms with Crippen LogP contribution in [0.4, 0.5) is 5.69 Å². The van der Waals surface area contributed by atoms with E-state index < -0.39 is 0 Å². The molecule has 0 aromatic carbocycles. The molecule has 96 valence electrons. The van der Waals surface area contributed by atoms with Crippen molar-refractivity contribution in [3.05, 3.63) is 24.5 Å². The average molecular weight is 245 g/mol. The number of nitrogens with zero attached hydrogens (tertiary/aromatic N) is 2. The van der Waals surface area contributed by atoms with E-state index in [0.29, 0.717) is 0 Å². The Kier molecular flexibility index (Phi) is 2.63. The molecule has 1 amide bonds. The maximum Gasteiger partial charge on any atom is 0.234 e. The van der Waals surface area contributed by atoms with Crippen molar-refractivity contribution in [2.75, 3.05) is 11.4 Å². The Bertz CT molecular complexity index is 457. The van der Waals surface area contributed by atoms with E-state index in [2.05, 4.69) is 10.3 Å². The predicted molar refractivity (Wildman–Crippen MR) is 70.3 cm³/mol. The van der Waals surface area contributed by atoms with Gasteiger partial charge < -0.3 is 10.2 Å². The molecule has 18 heavy (non-hydrogen) atoms. The standard InChI is InChI=1S/C14H19N3O/c1-14(2)12-11(6-4-8-16-12)17(13(14)18)10-5-3-7-15-9-10/h3,5,7,9,11-12,16H,4,6,8H2,1-2H3. The largest absolute Gasteiger partial charge is 0.311 e. The summed E-state index contributed by atoms with van der Waals surface area (Å²) in [5, 5.41) is 3.52. The summed E-state index contributed by atoms with van der Waals surface area (Å²) in [6.07, 6.45) is 5.72. The molecule has 2 aliphatic heterocycles. The Balaban J connectivity index is 2.02. The van der Waals surface area contributed by atoms with E-state index in [-0.39, 0.29) is 23.4 Å². The van der Waals surface area contributed by atoms with Gasteiger partial charge in [0.25, 0.3) is 0 Å². The molecule has 2 fully saturated rings. The van der Waals surface area contributed by atoms with Gasteiger partial charge in [-0.3, -0.25) is 9.78 Å². The van der Waals surface area contributed by atoms with E-state index in [4.69, 9.17) is 0 Å². The first kappa shape index (κ1) is 11.7. The third-order valence-electron chi connectivity index (χ3n) is 4.23. The fourth-order valence-corrected chi connectivity index (χ4v) is 3.28. The average Bonchev–Trinajstić information content (AvgIpc) is 2.60. The van der Waals surface area contributed by atoms with Crippen LogP contribution in [0.2, 0.25) is 0 Å². The smallest absolute Gasteiger partial charge is 0.234 e. The number of carbonyl (C=O) groups excluding carboxylic acids is 1. The molecule has 2 unspecified atom stereocenters. The molecule has 0 bridgehead atoms. The van der Waals surface area contributed by atoms with Gasteiger partial charge in [-0.15, -0.1) is 0 Å². The summed E-state index contributed by atoms with van der Waals surface area (Å²) in [5.74, 6) is 0.208. The molecule has 3 heterocycles. The number of anilines is 1. The predicted octanol–water partition coefficient (Wildman–Crippen LogP) is 1.57. The van der Waals surface area contributed by atoms with E-state index in [9.17, 15) is 4.79 Å². The van der Waals surface area contributed by atoms with E-state index >= 15 is 0 Å². The second kappa shape index (κ2) is 4.05. The third kappa shape index (κ3) is 1.56. The normalized spacial score (nSPS) is 30.3. The van der Waals surface area contributed by atoms with Gasteiger partial charge in [-0.2, -0.15) is 0 Å². The van der Waals surface area contributed by atoms with Gasteiger partial charge in [0.1, 0.15) is 0 Å². The van der Waals surface area contributed by atoms with Gasteiger partial charge >= 0.3 is 0 Å². The summed E-state index contributed by atoms with van der Waals surface area (Å²) in [7, 11) is 0. The fourth-order valence-electron chi connectivity index (χ4n) is 3.28. The van der Waals surface area contributed by atoms with E-state index in [1.54, 1.807) is 12.4 Å². The lowest BCUT2D eigenvalue weighted by atomic mass is 9.81. The quantitative estimate of drug-likeness (QED) is 0.817. The minimum Gasteiger partial charge on any atom is -0.311 e. The molecular formula is C14H19N3O. The van der Waals surface area contributed by atoms with Gasteiger partial charge in [-0.05, 0) is 45.4 Å². The van der Waals surface area contributed by atoms with Crippen LogP contribution in [0.15, 0.2) is 24.5 Å². The number of amides is 1. The highest BCUT2D eigenvalue weighted by molar-refractivity contribution is 6.01. The van der Waals surface area contributed by atoms with Crippen molar-refractivity contribution >= 4 is 11.6 Å². The molecule has 0 aliphatic carbocycles. The Morgan fingerprint density at radius 2 is 2.33 bits per heavy atom. The van der Waals surface area contributed by atoms with Crippen molar-refractivity contribution in [1.29, 1.82) is 0 Å². The molecule has 0 radical (unpaired) electrons. The van der Waals surface area contributed by atoms with Crippen molar-refractivity contribution in [2.45, 2.75) is 38.8 Å². The van der Waals surface area contributed by atoms with Crippen molar-refractivity contribution in [2.24, 2.45) is 5.41 Å². The zero-order valence-corrected chi connectivity index (χ0v) is 10.9. The van der Waals surface area contributed by atoms with Gasteiger partial charge in [0.2, 0.25) is 5.91 Å². The van der Waals surface area contributed by atoms with Gasteiger partial charge in [0.05, 0.1) is 23.3 Å². The number of carbonyl (C=O) groups is 1. The second-order valence-electron chi connectivity index (χ2n) is 5.75. The van der Waals surface area contributed by atoms with Crippen LogP contribution in [0.1, 0.15) is 26.7 Å². The molecule has 2 aliphatic rings. The highest BCUT2D eigenvalue weighted by atomic mass is 16.2. The van der Waals surface area contributed by atoms with Gasteiger partial charge in [0.15, 0.2) is 0 Å². The summed E-state index contributed by atoms with van der Waals surface area (Å²) in [5.41, 5.74) is 0.591. The summed E-state index contributed by atoms with van der Waals surface area (Å²) >= 11 is 0. The van der Waals surface area contributed by atoms with Crippen LogP contribution in [-0.4, -0.2) is 29.5 Å². The first-order chi connectivity index (χ1) is 8.62. The minimum atomic E-state index is -0.332. The first-order valence-corrected chi connectivity index (χ1v) is 6.59. The number of hydrogen-bond acceptors (Lipinski definition) is 3. The van der Waals surface area contributed by atoms with E-state index in [1.165, 1.54) is 0 Å². The zero-order chi connectivity index (χ0) is 12.8. The lowest BCUT2D eigenvalue weighted by molar-refractivity contribution is -0.124. The number of nitrogens with one attached hydrogen (secondary N) is 1. The summed E-state index contributed by atoms with van der Waals surface area (Å²) in [6, 6.07) is 4.38. The van der Waals surface area contributed by atoms with Gasteiger partial charge in [-0.25, -0.2) is 0 Å². The summed E-state index contributed by atoms with van der Waals surface area (Å²) < 4.78 is 0. The summed E-state index contributed by atoms with van der Waals surface area (Å²) in [4.78, 5) is 18.7. The molecule has 2 saturated heterocycles. The van der Waals surface area contributed by atoms with E-state index in [1.807, 2.05) is 30.9 Å². The number of pyridine rings is 1. The number of aromatic nitrogens is 1. The molecule has 0 spiro atoms. The molecule has 0 saturated carbocycles. The molecule has 1 N–H and O–H groups in total. The lowest BCUT2D eigenvalue weighted by Gasteiger charge is -2.34. The molecule has 2 atom stereocenters. The fraction of sp³-hybridized carbons (Fsp3) is 0.571. The van der Waals surface area contributed by atoms with Crippen LogP contribution in [0, 0.1) is 5.41 Å². The molecule has 4 nitrogen and oxygen atoms in total. The highest BCUT2D eigenvalue weighted by Gasteiger charge is 2.54. The molecule has 3 rings (SSSR count). The van der Waals surface area contributed by atoms with Crippen LogP contribution < -0.4 is 10.2 Å². The topological polar surface area (TPSA) is 45.2 Å². The van der Waals surface area contributed by atoms with Crippen molar-refractivity contribution in [1.82, 2.24) is 10.3 Å². The van der Waals surface area contributed by atoms with Gasteiger partial charge in [-0.1, -0.05) is 0 Å². The van der Waals surface area contributed by atoms with Crippen LogP contribution >= 0.6 is 0 Å². The SMILES string of the molecule is CC1(C)C(=O)N(c2cccnc2)C2CCCNC21. The van der Waals surface area contributed by atoms with Crippen molar-refractivity contribution in [3.8, 4) is 0 Å². The molecule has 1 aromatic rings. The lowest BCUT2D eigenvalue weighted by Crippen LogP contribution is -2.50. The first-order valence-electron chi connectivity index (χ1n) is 6.59. The molecule has 4 heteroatoms. The maximum absolute atomic E-state index is 12.7. The molecular weight excluding hydrogens is 226 g/mol. The number of fused-ring (bicyclic) bond motifs is 1.